The predicted octanol–water partition coefficient (Wildman–Crippen LogP) is 3.33. The van der Waals surface area contributed by atoms with E-state index in [-0.39, 0.29) is 11.4 Å². The van der Waals surface area contributed by atoms with Crippen molar-refractivity contribution in [2.75, 3.05) is 56.7 Å². The molecule has 0 amide bonds. The van der Waals surface area contributed by atoms with Crippen LogP contribution in [0, 0.1) is 18.6 Å². The topological polar surface area (TPSA) is 78.5 Å². The number of hydrogen-bond donors (Lipinski definition) is 2. The standard InChI is InChI=1S/C23H26F2N6O2/c1-14-7-16(11-17(8-14)31-12-18(13-31)30-3-5-33-6-4-30)26-23-27-22(28-29-23)15-9-19(24)21(32-2)20(25)10-15/h7-11,18H,3-6,12-13H2,1-2H3,(H2,26,27,28,29). The Labute approximate surface area is 190 Å². The molecule has 174 valence electrons. The summed E-state index contributed by atoms with van der Waals surface area (Å²) in [4.78, 5) is 9.19. The SMILES string of the molecule is COc1c(F)cc(-c2nc(Nc3cc(C)cc(N4CC(N5CCOCC5)C4)c3)n[nH]2)cc1F. The minimum Gasteiger partial charge on any atom is -0.491 e. The van der Waals surface area contributed by atoms with E-state index in [1.54, 1.807) is 0 Å². The van der Waals surface area contributed by atoms with Crippen LogP contribution in [0.5, 0.6) is 5.75 Å². The molecule has 5 rings (SSSR count). The van der Waals surface area contributed by atoms with Crippen molar-refractivity contribution in [1.82, 2.24) is 20.1 Å². The van der Waals surface area contributed by atoms with Crippen LogP contribution in [0.3, 0.4) is 0 Å². The van der Waals surface area contributed by atoms with Crippen molar-refractivity contribution in [3.63, 3.8) is 0 Å². The normalized spacial score (nSPS) is 17.2. The highest BCUT2D eigenvalue weighted by Crippen LogP contribution is 2.30. The number of morpholine rings is 1. The lowest BCUT2D eigenvalue weighted by Crippen LogP contribution is -2.61. The summed E-state index contributed by atoms with van der Waals surface area (Å²) in [6.07, 6.45) is 0. The molecule has 3 aromatic rings. The molecular weight excluding hydrogens is 430 g/mol. The van der Waals surface area contributed by atoms with Gasteiger partial charge in [0.1, 0.15) is 0 Å². The molecule has 2 aromatic carbocycles. The first-order valence-electron chi connectivity index (χ1n) is 10.9. The first-order valence-corrected chi connectivity index (χ1v) is 10.9. The van der Waals surface area contributed by atoms with E-state index in [4.69, 9.17) is 9.47 Å². The van der Waals surface area contributed by atoms with Crippen LogP contribution >= 0.6 is 0 Å². The first-order chi connectivity index (χ1) is 16.0. The molecule has 0 spiro atoms. The van der Waals surface area contributed by atoms with Crippen LogP contribution in [-0.2, 0) is 4.74 Å². The largest absolute Gasteiger partial charge is 0.491 e. The van der Waals surface area contributed by atoms with Gasteiger partial charge in [0.15, 0.2) is 23.2 Å². The lowest BCUT2D eigenvalue weighted by atomic mass is 10.0. The number of H-pyrrole nitrogens is 1. The summed E-state index contributed by atoms with van der Waals surface area (Å²) in [5.74, 6) is -1.46. The highest BCUT2D eigenvalue weighted by Gasteiger charge is 2.32. The molecule has 2 N–H and O–H groups in total. The Kier molecular flexibility index (Phi) is 5.86. The minimum absolute atomic E-state index is 0.242. The molecule has 2 saturated heterocycles. The summed E-state index contributed by atoms with van der Waals surface area (Å²) in [5, 5.41) is 10.1. The van der Waals surface area contributed by atoms with E-state index in [9.17, 15) is 8.78 Å². The van der Waals surface area contributed by atoms with Gasteiger partial charge in [0.2, 0.25) is 5.95 Å². The highest BCUT2D eigenvalue weighted by molar-refractivity contribution is 5.66. The number of hydrogen-bond acceptors (Lipinski definition) is 7. The number of benzene rings is 2. The molecule has 0 aliphatic carbocycles. The van der Waals surface area contributed by atoms with Gasteiger partial charge in [0.05, 0.1) is 20.3 Å². The molecular formula is C23H26F2N6O2. The number of aromatic nitrogens is 3. The van der Waals surface area contributed by atoms with Crippen LogP contribution in [0.1, 0.15) is 5.56 Å². The van der Waals surface area contributed by atoms with Crippen molar-refractivity contribution >= 4 is 17.3 Å². The number of nitrogens with zero attached hydrogens (tertiary/aromatic N) is 4. The highest BCUT2D eigenvalue weighted by atomic mass is 19.1. The number of aryl methyl sites for hydroxylation is 1. The maximum absolute atomic E-state index is 14.0. The minimum atomic E-state index is -0.799. The van der Waals surface area contributed by atoms with E-state index < -0.39 is 17.4 Å². The molecule has 0 bridgehead atoms. The van der Waals surface area contributed by atoms with Gasteiger partial charge in [-0.25, -0.2) is 8.78 Å². The number of halogens is 2. The maximum atomic E-state index is 14.0. The second-order valence-corrected chi connectivity index (χ2v) is 8.37. The van der Waals surface area contributed by atoms with Crippen molar-refractivity contribution in [1.29, 1.82) is 0 Å². The maximum Gasteiger partial charge on any atom is 0.246 e. The first kappa shape index (κ1) is 21.6. The van der Waals surface area contributed by atoms with Gasteiger partial charge in [-0.2, -0.15) is 4.98 Å². The summed E-state index contributed by atoms with van der Waals surface area (Å²) in [7, 11) is 1.22. The van der Waals surface area contributed by atoms with E-state index in [0.29, 0.717) is 12.0 Å². The van der Waals surface area contributed by atoms with E-state index in [1.807, 2.05) is 13.0 Å². The van der Waals surface area contributed by atoms with Gasteiger partial charge in [-0.3, -0.25) is 10.00 Å². The number of ether oxygens (including phenoxy) is 2. The van der Waals surface area contributed by atoms with Crippen molar-refractivity contribution in [3.05, 3.63) is 47.5 Å². The van der Waals surface area contributed by atoms with Crippen molar-refractivity contribution < 1.29 is 18.3 Å². The van der Waals surface area contributed by atoms with Gasteiger partial charge in [-0.05, 0) is 42.8 Å². The molecule has 1 aromatic heterocycles. The van der Waals surface area contributed by atoms with Crippen molar-refractivity contribution in [2.24, 2.45) is 0 Å². The zero-order chi connectivity index (χ0) is 22.9. The number of anilines is 3. The molecule has 33 heavy (non-hydrogen) atoms. The molecule has 0 radical (unpaired) electrons. The number of nitrogens with one attached hydrogen (secondary N) is 2. The third kappa shape index (κ3) is 4.49. The second kappa shape index (κ2) is 8.95. The van der Waals surface area contributed by atoms with E-state index in [2.05, 4.69) is 42.4 Å². The van der Waals surface area contributed by atoms with E-state index >= 15 is 0 Å². The average molecular weight is 456 g/mol. The molecule has 10 heteroatoms. The summed E-state index contributed by atoms with van der Waals surface area (Å²) in [5.41, 5.74) is 3.33. The third-order valence-corrected chi connectivity index (χ3v) is 6.07. The van der Waals surface area contributed by atoms with Crippen LogP contribution in [0.25, 0.3) is 11.4 Å². The Morgan fingerprint density at radius 2 is 1.82 bits per heavy atom. The Bertz CT molecular complexity index is 1120. The van der Waals surface area contributed by atoms with Gasteiger partial charge < -0.3 is 19.7 Å². The fourth-order valence-corrected chi connectivity index (χ4v) is 4.32. The lowest BCUT2D eigenvalue weighted by Gasteiger charge is -2.47. The Morgan fingerprint density at radius 3 is 2.52 bits per heavy atom. The molecule has 3 heterocycles. The van der Waals surface area contributed by atoms with E-state index in [0.717, 1.165) is 68.5 Å². The molecule has 2 fully saturated rings. The monoisotopic (exact) mass is 456 g/mol. The summed E-state index contributed by atoms with van der Waals surface area (Å²) < 4.78 is 38.3. The average Bonchev–Trinajstić information content (AvgIpc) is 3.21. The van der Waals surface area contributed by atoms with Crippen LogP contribution in [0.4, 0.5) is 26.1 Å². The summed E-state index contributed by atoms with van der Waals surface area (Å²) in [6.45, 7) is 7.63. The number of rotatable bonds is 6. The number of aromatic amines is 1. The van der Waals surface area contributed by atoms with Crippen molar-refractivity contribution in [3.8, 4) is 17.1 Å². The van der Waals surface area contributed by atoms with Gasteiger partial charge in [-0.15, -0.1) is 5.10 Å². The Morgan fingerprint density at radius 1 is 1.09 bits per heavy atom. The quantitative estimate of drug-likeness (QED) is 0.589. The summed E-state index contributed by atoms with van der Waals surface area (Å²) >= 11 is 0. The molecule has 0 atom stereocenters. The molecule has 0 unspecified atom stereocenters. The van der Waals surface area contributed by atoms with Crippen LogP contribution in [0.2, 0.25) is 0 Å². The van der Waals surface area contributed by atoms with Crippen LogP contribution < -0.4 is 15.0 Å². The van der Waals surface area contributed by atoms with Gasteiger partial charge in [-0.1, -0.05) is 0 Å². The summed E-state index contributed by atoms with van der Waals surface area (Å²) in [6, 6.07) is 9.10. The van der Waals surface area contributed by atoms with Crippen LogP contribution in [-0.4, -0.2) is 72.6 Å². The molecule has 8 nitrogen and oxygen atoms in total. The van der Waals surface area contributed by atoms with E-state index in [1.165, 1.54) is 7.11 Å². The Hall–Kier alpha value is -3.24. The Balaban J connectivity index is 1.28. The zero-order valence-corrected chi connectivity index (χ0v) is 18.6. The van der Waals surface area contributed by atoms with Gasteiger partial charge in [0.25, 0.3) is 0 Å². The fraction of sp³-hybridized carbons (Fsp3) is 0.391. The fourth-order valence-electron chi connectivity index (χ4n) is 4.32. The molecule has 0 saturated carbocycles. The molecule has 2 aliphatic heterocycles. The smallest absolute Gasteiger partial charge is 0.246 e. The zero-order valence-electron chi connectivity index (χ0n) is 18.6. The second-order valence-electron chi connectivity index (χ2n) is 8.37. The van der Waals surface area contributed by atoms with Crippen LogP contribution in [0.15, 0.2) is 30.3 Å². The van der Waals surface area contributed by atoms with Gasteiger partial charge in [0, 0.05) is 49.2 Å². The predicted molar refractivity (Wildman–Crippen MR) is 121 cm³/mol. The number of methoxy groups -OCH3 is 1. The third-order valence-electron chi connectivity index (χ3n) is 6.07. The molecule has 2 aliphatic rings. The van der Waals surface area contributed by atoms with Crippen molar-refractivity contribution in [2.45, 2.75) is 13.0 Å². The van der Waals surface area contributed by atoms with Gasteiger partial charge >= 0.3 is 0 Å². The lowest BCUT2D eigenvalue weighted by molar-refractivity contribution is 0.0105.